The first-order chi connectivity index (χ1) is 10.9. The van der Waals surface area contributed by atoms with Crippen molar-refractivity contribution in [1.29, 1.82) is 0 Å². The van der Waals surface area contributed by atoms with Gasteiger partial charge in [-0.15, -0.1) is 0 Å². The molecule has 0 aromatic rings. The smallest absolute Gasteiger partial charge is 0.0133 e. The van der Waals surface area contributed by atoms with Gasteiger partial charge in [0.05, 0.1) is 0 Å². The molecule has 13 rings (SSSR count). The quantitative estimate of drug-likeness (QED) is 0.642. The summed E-state index contributed by atoms with van der Waals surface area (Å²) in [6.07, 6.45) is 0. The lowest BCUT2D eigenvalue weighted by Crippen LogP contribution is -2.31. The molecule has 13 aliphatic carbocycles. The summed E-state index contributed by atoms with van der Waals surface area (Å²) in [4.78, 5) is 0. The fourth-order valence-electron chi connectivity index (χ4n) is 17.6. The molecule has 0 heteroatoms. The zero-order chi connectivity index (χ0) is 13.0. The third-order valence-electron chi connectivity index (χ3n) is 15.2. The maximum absolute atomic E-state index is 2.80. The Bertz CT molecular complexity index is 695. The molecular weight excluding hydrogens is 264 g/mol. The Balaban J connectivity index is 1.46. The SMILES string of the molecule is CC1C23[C@@H]4C5C6[C@H]7C8C9[C@H]6[C@H]4[C@@H]4[C@@H]9C6C([C@H]42)[C@H]2[C@@H]([C@H]86)[C@@H]7[C@H]5C123. The van der Waals surface area contributed by atoms with Crippen molar-refractivity contribution < 1.29 is 0 Å². The van der Waals surface area contributed by atoms with Gasteiger partial charge in [0.25, 0.3) is 0 Å². The monoisotopic (exact) mass is 286 g/mol. The molecule has 21 atom stereocenters. The second kappa shape index (κ2) is 1.76. The second-order valence-corrected chi connectivity index (χ2v) is 12.8. The van der Waals surface area contributed by atoms with Gasteiger partial charge in [-0.25, -0.2) is 0 Å². The van der Waals surface area contributed by atoms with Crippen LogP contribution in [0.5, 0.6) is 0 Å². The lowest BCUT2D eigenvalue weighted by molar-refractivity contribution is 0.118. The lowest BCUT2D eigenvalue weighted by Gasteiger charge is -2.34. The highest BCUT2D eigenvalue weighted by Crippen LogP contribution is 3.13. The van der Waals surface area contributed by atoms with Gasteiger partial charge in [-0.3, -0.25) is 0 Å². The van der Waals surface area contributed by atoms with Crippen LogP contribution in [0, 0.1) is 123 Å². The molecule has 0 N–H and O–H groups in total. The standard InChI is InChI=1S/C22H22/c1-2-21-17-11-5-3-4-7-9(5)15(17)19-13(7)14-8(4)10-6(3)12(11)18(21)16(10)20(14)22(2,19)21/h2-20H,1H3/t2?,3?,4?,5-,6-,7-,8+,9?,10?,11-,12+,13+,14+,15?,16?,17-,18-,19+,20+,21?,22?/m1/s1. The highest BCUT2D eigenvalue weighted by Gasteiger charge is 3.11. The first-order valence-electron chi connectivity index (χ1n) is 10.9. The highest BCUT2D eigenvalue weighted by atomic mass is 15.1. The molecule has 13 saturated carbocycles. The van der Waals surface area contributed by atoms with Gasteiger partial charge in [-0.1, -0.05) is 6.92 Å². The van der Waals surface area contributed by atoms with E-state index in [1.165, 1.54) is 112 Å². The molecule has 0 nitrogen and oxygen atoms in total. The van der Waals surface area contributed by atoms with Crippen molar-refractivity contribution >= 4 is 0 Å². The molecule has 0 radical (unpaired) electrons. The summed E-state index contributed by atoms with van der Waals surface area (Å²) in [6.45, 7) is 2.80. The van der Waals surface area contributed by atoms with E-state index in [0.717, 1.165) is 10.8 Å². The van der Waals surface area contributed by atoms with Crippen molar-refractivity contribution in [3.63, 3.8) is 0 Å². The molecule has 9 unspecified atom stereocenters. The maximum atomic E-state index is 2.80. The Kier molecular flexibility index (Phi) is 0.714. The van der Waals surface area contributed by atoms with E-state index in [4.69, 9.17) is 0 Å². The van der Waals surface area contributed by atoms with Crippen molar-refractivity contribution in [2.75, 3.05) is 0 Å². The van der Waals surface area contributed by atoms with E-state index in [2.05, 4.69) is 6.92 Å². The molecule has 0 saturated heterocycles. The lowest BCUT2D eigenvalue weighted by atomic mass is 9.69. The van der Waals surface area contributed by atoms with Gasteiger partial charge in [0.15, 0.2) is 0 Å². The molecule has 0 amide bonds. The van der Waals surface area contributed by atoms with Gasteiger partial charge >= 0.3 is 0 Å². The van der Waals surface area contributed by atoms with Crippen LogP contribution < -0.4 is 0 Å². The second-order valence-electron chi connectivity index (χ2n) is 12.8. The summed E-state index contributed by atoms with van der Waals surface area (Å²) in [5.74, 6) is 25.0. The summed E-state index contributed by atoms with van der Waals surface area (Å²) in [5.41, 5.74) is 2.01. The molecule has 110 valence electrons. The Hall–Kier alpha value is 0. The zero-order valence-electron chi connectivity index (χ0n) is 13.0. The van der Waals surface area contributed by atoms with Crippen LogP contribution in [-0.2, 0) is 0 Å². The van der Waals surface area contributed by atoms with Gasteiger partial charge < -0.3 is 0 Å². The van der Waals surface area contributed by atoms with Crippen molar-refractivity contribution in [3.8, 4) is 0 Å². The molecule has 13 aliphatic rings. The molecule has 0 bridgehead atoms. The van der Waals surface area contributed by atoms with Crippen LogP contribution in [0.1, 0.15) is 6.92 Å². The number of hydrogen-bond donors (Lipinski definition) is 0. The topological polar surface area (TPSA) is 0 Å². The molecular formula is C22H22. The summed E-state index contributed by atoms with van der Waals surface area (Å²) < 4.78 is 0. The van der Waals surface area contributed by atoms with Crippen molar-refractivity contribution in [3.05, 3.63) is 0 Å². The molecule has 0 aromatic heterocycles. The van der Waals surface area contributed by atoms with E-state index in [1.54, 1.807) is 0 Å². The van der Waals surface area contributed by atoms with Crippen molar-refractivity contribution in [1.82, 2.24) is 0 Å². The fraction of sp³-hybridized carbons (Fsp3) is 1.00. The summed E-state index contributed by atoms with van der Waals surface area (Å²) in [7, 11) is 0. The van der Waals surface area contributed by atoms with Gasteiger partial charge in [0.1, 0.15) is 0 Å². The molecule has 2 spiro atoms. The minimum absolute atomic E-state index is 1.01. The van der Waals surface area contributed by atoms with E-state index in [-0.39, 0.29) is 0 Å². The number of rotatable bonds is 0. The van der Waals surface area contributed by atoms with Gasteiger partial charge in [-0.05, 0) is 123 Å². The van der Waals surface area contributed by atoms with Crippen LogP contribution in [0.15, 0.2) is 0 Å². The van der Waals surface area contributed by atoms with E-state index in [1.807, 2.05) is 0 Å². The van der Waals surface area contributed by atoms with Crippen LogP contribution >= 0.6 is 0 Å². The van der Waals surface area contributed by atoms with Crippen molar-refractivity contribution in [2.45, 2.75) is 6.92 Å². The van der Waals surface area contributed by atoms with E-state index in [9.17, 15) is 0 Å². The Morgan fingerprint density at radius 2 is 0.636 bits per heavy atom. The van der Waals surface area contributed by atoms with E-state index in [0.29, 0.717) is 0 Å². The molecule has 0 heterocycles. The largest absolute Gasteiger partial charge is 0.0614 e. The molecule has 0 aromatic carbocycles. The first-order valence-corrected chi connectivity index (χ1v) is 10.9. The molecule has 22 heavy (non-hydrogen) atoms. The summed E-state index contributed by atoms with van der Waals surface area (Å²) >= 11 is 0. The Labute approximate surface area is 130 Å². The average Bonchev–Trinajstić information content (AvgIpc) is 3.13. The number of hydrogen-bond acceptors (Lipinski definition) is 0. The van der Waals surface area contributed by atoms with E-state index >= 15 is 0 Å². The van der Waals surface area contributed by atoms with Gasteiger partial charge in [0, 0.05) is 0 Å². The third-order valence-corrected chi connectivity index (χ3v) is 15.2. The van der Waals surface area contributed by atoms with Crippen LogP contribution in [-0.4, -0.2) is 0 Å². The van der Waals surface area contributed by atoms with Gasteiger partial charge in [0.2, 0.25) is 0 Å². The average molecular weight is 286 g/mol. The molecule has 13 fully saturated rings. The minimum Gasteiger partial charge on any atom is -0.0614 e. The first kappa shape index (κ1) is 8.91. The van der Waals surface area contributed by atoms with E-state index < -0.39 is 0 Å². The normalized spacial score (nSPS) is 111. The minimum atomic E-state index is 1.01. The van der Waals surface area contributed by atoms with Gasteiger partial charge in [-0.2, -0.15) is 0 Å². The maximum Gasteiger partial charge on any atom is -0.0133 e. The molecule has 0 aliphatic heterocycles. The van der Waals surface area contributed by atoms with Crippen LogP contribution in [0.4, 0.5) is 0 Å². The third kappa shape index (κ3) is 0.353. The Morgan fingerprint density at radius 1 is 0.364 bits per heavy atom. The predicted molar refractivity (Wildman–Crippen MR) is 76.9 cm³/mol. The van der Waals surface area contributed by atoms with Crippen molar-refractivity contribution in [2.24, 2.45) is 123 Å². The van der Waals surface area contributed by atoms with Crippen LogP contribution in [0.2, 0.25) is 0 Å². The van der Waals surface area contributed by atoms with Crippen LogP contribution in [0.3, 0.4) is 0 Å². The fourth-order valence-corrected chi connectivity index (χ4v) is 17.6. The predicted octanol–water partition coefficient (Wildman–Crippen LogP) is 2.85. The van der Waals surface area contributed by atoms with Crippen LogP contribution in [0.25, 0.3) is 0 Å². The summed E-state index contributed by atoms with van der Waals surface area (Å²) in [5, 5.41) is 0. The Morgan fingerprint density at radius 3 is 1.00 bits per heavy atom. The highest BCUT2D eigenvalue weighted by molar-refractivity contribution is 5.57. The zero-order valence-corrected chi connectivity index (χ0v) is 13.0. The summed E-state index contributed by atoms with van der Waals surface area (Å²) in [6, 6.07) is 0.